The largest absolute Gasteiger partial charge is 0.365 e. The third-order valence-electron chi connectivity index (χ3n) is 6.61. The van der Waals surface area contributed by atoms with Gasteiger partial charge in [0.1, 0.15) is 12.2 Å². The molecule has 9 heteroatoms. The number of hydrogen-bond acceptors (Lipinski definition) is 6. The molecule has 4 heterocycles. The van der Waals surface area contributed by atoms with E-state index in [9.17, 15) is 4.79 Å². The lowest BCUT2D eigenvalue weighted by molar-refractivity contribution is 0.1000. The van der Waals surface area contributed by atoms with Crippen LogP contribution in [0, 0.1) is 0 Å². The molecule has 0 spiro atoms. The zero-order chi connectivity index (χ0) is 22.9. The van der Waals surface area contributed by atoms with Gasteiger partial charge in [-0.25, -0.2) is 9.50 Å². The third-order valence-corrected chi connectivity index (χ3v) is 6.61. The number of amides is 1. The Hall–Kier alpha value is -3.75. The fourth-order valence-corrected chi connectivity index (χ4v) is 5.10. The zero-order valence-electron chi connectivity index (χ0n) is 18.8. The molecule has 1 fully saturated rings. The van der Waals surface area contributed by atoms with Gasteiger partial charge in [0.25, 0.3) is 5.91 Å². The summed E-state index contributed by atoms with van der Waals surface area (Å²) in [6, 6.07) is 6.48. The summed E-state index contributed by atoms with van der Waals surface area (Å²) in [4.78, 5) is 23.3. The lowest BCUT2D eigenvalue weighted by Crippen LogP contribution is -2.44. The average Bonchev–Trinajstić information content (AvgIpc) is 3.50. The molecule has 1 amide bonds. The molecule has 4 aromatic rings. The normalized spacial score (nSPS) is 18.6. The lowest BCUT2D eigenvalue weighted by atomic mass is 9.84. The van der Waals surface area contributed by atoms with Crippen LogP contribution in [-0.2, 0) is 0 Å². The first kappa shape index (κ1) is 21.1. The average molecular weight is 445 g/mol. The van der Waals surface area contributed by atoms with Gasteiger partial charge in [0.05, 0.1) is 23.0 Å². The Morgan fingerprint density at radius 1 is 1.18 bits per heavy atom. The van der Waals surface area contributed by atoms with Crippen molar-refractivity contribution in [1.29, 1.82) is 0 Å². The number of pyridine rings is 1. The predicted molar refractivity (Wildman–Crippen MR) is 126 cm³/mol. The number of carbonyl (C=O) groups excluding carboxylic acids is 1. The van der Waals surface area contributed by atoms with Gasteiger partial charge in [0.2, 0.25) is 0 Å². The van der Waals surface area contributed by atoms with Crippen molar-refractivity contribution >= 4 is 17.1 Å². The van der Waals surface area contributed by atoms with E-state index < -0.39 is 5.91 Å². The van der Waals surface area contributed by atoms with Crippen molar-refractivity contribution in [2.45, 2.75) is 57.5 Å². The van der Waals surface area contributed by atoms with Crippen molar-refractivity contribution < 1.29 is 4.79 Å². The van der Waals surface area contributed by atoms with Crippen molar-refractivity contribution in [3.63, 3.8) is 0 Å². The number of H-pyrrole nitrogens is 1. The second-order valence-electron chi connectivity index (χ2n) is 8.94. The SMILES string of the molecule is CC(C)N(c1c(C(N)=O)cnn2cc(-c3ccncc3)cc12)C1CCC(c2ncn[nH]2)CC1. The molecule has 0 aliphatic heterocycles. The van der Waals surface area contributed by atoms with Gasteiger partial charge < -0.3 is 10.6 Å². The van der Waals surface area contributed by atoms with Crippen LogP contribution in [0.15, 0.2) is 49.3 Å². The Balaban J connectivity index is 1.56. The predicted octanol–water partition coefficient (Wildman–Crippen LogP) is 3.55. The first-order valence-electron chi connectivity index (χ1n) is 11.4. The van der Waals surface area contributed by atoms with Crippen LogP contribution in [0.25, 0.3) is 16.6 Å². The van der Waals surface area contributed by atoms with Gasteiger partial charge in [0, 0.05) is 42.2 Å². The van der Waals surface area contributed by atoms with E-state index in [4.69, 9.17) is 5.73 Å². The standard InChI is InChI=1S/C24H28N8O/c1-15(2)32(19-5-3-17(4-6-19)24-27-14-28-30-24)22-20(23(25)33)12-29-31-13-18(11-21(22)31)16-7-9-26-10-8-16/h7-15,17,19H,3-6H2,1-2H3,(H2,25,33)(H,27,28,30). The molecule has 0 unspecified atom stereocenters. The fourth-order valence-electron chi connectivity index (χ4n) is 5.10. The molecule has 1 aliphatic carbocycles. The molecule has 3 N–H and O–H groups in total. The summed E-state index contributed by atoms with van der Waals surface area (Å²) in [5, 5.41) is 11.5. The molecule has 1 saturated carbocycles. The smallest absolute Gasteiger partial charge is 0.252 e. The number of nitrogens with zero attached hydrogens (tertiary/aromatic N) is 6. The molecular formula is C24H28N8O. The van der Waals surface area contributed by atoms with Gasteiger partial charge in [0.15, 0.2) is 0 Å². The number of aromatic nitrogens is 6. The molecule has 9 nitrogen and oxygen atoms in total. The highest BCUT2D eigenvalue weighted by Crippen LogP contribution is 2.39. The van der Waals surface area contributed by atoms with Crippen molar-refractivity contribution in [1.82, 2.24) is 29.8 Å². The third kappa shape index (κ3) is 3.94. The highest BCUT2D eigenvalue weighted by molar-refractivity contribution is 6.02. The molecule has 0 radical (unpaired) electrons. The van der Waals surface area contributed by atoms with Gasteiger partial charge in [-0.3, -0.25) is 14.9 Å². The number of nitrogens with two attached hydrogens (primary N) is 1. The summed E-state index contributed by atoms with van der Waals surface area (Å²) in [5.74, 6) is 0.882. The summed E-state index contributed by atoms with van der Waals surface area (Å²) in [6.07, 6.45) is 12.7. The number of carbonyl (C=O) groups is 1. The van der Waals surface area contributed by atoms with Gasteiger partial charge in [-0.15, -0.1) is 0 Å². The van der Waals surface area contributed by atoms with Crippen LogP contribution in [0.3, 0.4) is 0 Å². The minimum absolute atomic E-state index is 0.181. The summed E-state index contributed by atoms with van der Waals surface area (Å²) < 4.78 is 1.84. The lowest BCUT2D eigenvalue weighted by Gasteiger charge is -2.41. The monoisotopic (exact) mass is 444 g/mol. The van der Waals surface area contributed by atoms with Crippen LogP contribution in [0.4, 0.5) is 5.69 Å². The van der Waals surface area contributed by atoms with Crippen molar-refractivity contribution in [3.8, 4) is 11.1 Å². The Labute approximate surface area is 192 Å². The molecule has 0 bridgehead atoms. The van der Waals surface area contributed by atoms with Gasteiger partial charge in [-0.05, 0) is 63.3 Å². The number of hydrogen-bond donors (Lipinski definition) is 2. The van der Waals surface area contributed by atoms with E-state index in [1.807, 2.05) is 22.8 Å². The van der Waals surface area contributed by atoms with Gasteiger partial charge in [-0.1, -0.05) is 0 Å². The topological polar surface area (TPSA) is 118 Å². The van der Waals surface area contributed by atoms with E-state index in [-0.39, 0.29) is 12.1 Å². The van der Waals surface area contributed by atoms with Gasteiger partial charge in [-0.2, -0.15) is 10.2 Å². The van der Waals surface area contributed by atoms with E-state index in [2.05, 4.69) is 50.1 Å². The molecule has 170 valence electrons. The maximum absolute atomic E-state index is 12.5. The first-order chi connectivity index (χ1) is 16.0. The van der Waals surface area contributed by atoms with E-state index in [1.54, 1.807) is 24.9 Å². The van der Waals surface area contributed by atoms with Crippen molar-refractivity contribution in [2.75, 3.05) is 4.90 Å². The molecule has 5 rings (SSSR count). The van der Waals surface area contributed by atoms with Crippen molar-refractivity contribution in [3.05, 3.63) is 60.7 Å². The highest BCUT2D eigenvalue weighted by atomic mass is 16.1. The molecular weight excluding hydrogens is 416 g/mol. The molecule has 4 aromatic heterocycles. The Morgan fingerprint density at radius 2 is 1.94 bits per heavy atom. The van der Waals surface area contributed by atoms with E-state index in [0.29, 0.717) is 11.5 Å². The van der Waals surface area contributed by atoms with E-state index in [1.165, 1.54) is 0 Å². The molecule has 1 aliphatic rings. The number of aromatic amines is 1. The van der Waals surface area contributed by atoms with Crippen LogP contribution < -0.4 is 10.6 Å². The Kier molecular flexibility index (Phi) is 5.53. The van der Waals surface area contributed by atoms with Crippen molar-refractivity contribution in [2.24, 2.45) is 5.73 Å². The quantitative estimate of drug-likeness (QED) is 0.469. The molecule has 33 heavy (non-hydrogen) atoms. The van der Waals surface area contributed by atoms with Crippen LogP contribution >= 0.6 is 0 Å². The first-order valence-corrected chi connectivity index (χ1v) is 11.4. The summed E-state index contributed by atoms with van der Waals surface area (Å²) in [6.45, 7) is 4.33. The fraction of sp³-hybridized carbons (Fsp3) is 0.375. The number of fused-ring (bicyclic) bond motifs is 1. The second kappa shape index (κ2) is 8.65. The van der Waals surface area contributed by atoms with E-state index in [0.717, 1.165) is 53.8 Å². The minimum Gasteiger partial charge on any atom is -0.365 e. The number of nitrogens with one attached hydrogen (secondary N) is 1. The number of primary amides is 1. The van der Waals surface area contributed by atoms with Crippen LogP contribution in [0.5, 0.6) is 0 Å². The zero-order valence-corrected chi connectivity index (χ0v) is 18.8. The molecule has 0 saturated heterocycles. The molecule has 0 atom stereocenters. The Morgan fingerprint density at radius 3 is 2.58 bits per heavy atom. The van der Waals surface area contributed by atoms with Crippen LogP contribution in [0.2, 0.25) is 0 Å². The summed E-state index contributed by atoms with van der Waals surface area (Å²) in [5.41, 5.74) is 10.1. The summed E-state index contributed by atoms with van der Waals surface area (Å²) >= 11 is 0. The highest BCUT2D eigenvalue weighted by Gasteiger charge is 2.32. The summed E-state index contributed by atoms with van der Waals surface area (Å²) in [7, 11) is 0. The second-order valence-corrected chi connectivity index (χ2v) is 8.94. The van der Waals surface area contributed by atoms with Crippen LogP contribution in [-0.4, -0.2) is 47.8 Å². The Bertz CT molecular complexity index is 1240. The van der Waals surface area contributed by atoms with E-state index >= 15 is 0 Å². The van der Waals surface area contributed by atoms with Gasteiger partial charge >= 0.3 is 0 Å². The number of rotatable bonds is 6. The molecule has 0 aromatic carbocycles. The van der Waals surface area contributed by atoms with Crippen LogP contribution in [0.1, 0.15) is 61.6 Å². The minimum atomic E-state index is -0.465. The number of anilines is 1. The maximum atomic E-state index is 12.5. The maximum Gasteiger partial charge on any atom is 0.252 e.